The Balaban J connectivity index is 0.00000144. The van der Waals surface area contributed by atoms with Crippen LogP contribution in [0.1, 0.15) is 13.3 Å². The van der Waals surface area contributed by atoms with Gasteiger partial charge in [0.15, 0.2) is 0 Å². The van der Waals surface area contributed by atoms with Crippen molar-refractivity contribution >= 4 is 18.4 Å². The molecule has 0 bridgehead atoms. The van der Waals surface area contributed by atoms with Crippen molar-refractivity contribution in [2.24, 2.45) is 11.7 Å². The Hall–Kier alpha value is -0.320. The van der Waals surface area contributed by atoms with Crippen molar-refractivity contribution in [3.8, 4) is 0 Å². The molecule has 78 valence electrons. The Labute approximate surface area is 84.2 Å². The Bertz CT molecular complexity index is 157. The van der Waals surface area contributed by atoms with E-state index < -0.39 is 6.04 Å². The van der Waals surface area contributed by atoms with Crippen molar-refractivity contribution in [2.45, 2.75) is 19.4 Å². The summed E-state index contributed by atoms with van der Waals surface area (Å²) in [5.74, 6) is 0.0367. The van der Waals surface area contributed by atoms with Crippen molar-refractivity contribution in [3.05, 3.63) is 0 Å². The number of halogens is 1. The van der Waals surface area contributed by atoms with E-state index in [4.69, 9.17) is 15.2 Å². The molecule has 0 aromatic carbocycles. The zero-order valence-corrected chi connectivity index (χ0v) is 8.51. The Morgan fingerprint density at radius 2 is 2.46 bits per heavy atom. The van der Waals surface area contributed by atoms with Gasteiger partial charge in [-0.3, -0.25) is 4.79 Å². The molecule has 0 spiro atoms. The van der Waals surface area contributed by atoms with Gasteiger partial charge in [0.2, 0.25) is 0 Å². The van der Waals surface area contributed by atoms with Gasteiger partial charge in [-0.1, -0.05) is 0 Å². The second-order valence-electron chi connectivity index (χ2n) is 3.15. The van der Waals surface area contributed by atoms with Gasteiger partial charge in [0.05, 0.1) is 13.2 Å². The molecule has 4 nitrogen and oxygen atoms in total. The molecule has 0 amide bonds. The van der Waals surface area contributed by atoms with E-state index in [1.165, 1.54) is 0 Å². The SMILES string of the molecule is C[C@H](N)C(=O)OC[C@H]1CCOC1.Cl. The maximum absolute atomic E-state index is 10.9. The van der Waals surface area contributed by atoms with E-state index in [1.807, 2.05) is 0 Å². The lowest BCUT2D eigenvalue weighted by atomic mass is 10.1. The molecule has 1 rings (SSSR count). The second kappa shape index (κ2) is 6.18. The molecule has 5 heteroatoms. The van der Waals surface area contributed by atoms with Crippen LogP contribution < -0.4 is 5.73 Å². The first kappa shape index (κ1) is 12.7. The molecular weight excluding hydrogens is 194 g/mol. The first-order chi connectivity index (χ1) is 5.70. The fourth-order valence-corrected chi connectivity index (χ4v) is 1.05. The first-order valence-electron chi connectivity index (χ1n) is 4.20. The van der Waals surface area contributed by atoms with Crippen LogP contribution in [0.25, 0.3) is 0 Å². The van der Waals surface area contributed by atoms with Crippen LogP contribution in [-0.2, 0) is 14.3 Å². The van der Waals surface area contributed by atoms with Gasteiger partial charge >= 0.3 is 5.97 Å². The van der Waals surface area contributed by atoms with Gasteiger partial charge in [0.25, 0.3) is 0 Å². The van der Waals surface area contributed by atoms with Crippen LogP contribution in [0.15, 0.2) is 0 Å². The summed E-state index contributed by atoms with van der Waals surface area (Å²) in [7, 11) is 0. The molecule has 0 unspecified atom stereocenters. The molecule has 13 heavy (non-hydrogen) atoms. The van der Waals surface area contributed by atoms with Crippen molar-refractivity contribution in [3.63, 3.8) is 0 Å². The quantitative estimate of drug-likeness (QED) is 0.681. The van der Waals surface area contributed by atoms with Crippen molar-refractivity contribution in [2.75, 3.05) is 19.8 Å². The molecule has 1 heterocycles. The lowest BCUT2D eigenvalue weighted by Crippen LogP contribution is -2.30. The first-order valence-corrected chi connectivity index (χ1v) is 4.20. The van der Waals surface area contributed by atoms with Gasteiger partial charge in [-0.2, -0.15) is 0 Å². The minimum absolute atomic E-state index is 0. The average Bonchev–Trinajstić information content (AvgIpc) is 2.51. The minimum atomic E-state index is -0.521. The number of nitrogens with two attached hydrogens (primary N) is 1. The topological polar surface area (TPSA) is 61.6 Å². The highest BCUT2D eigenvalue weighted by atomic mass is 35.5. The van der Waals surface area contributed by atoms with Gasteiger partial charge in [0, 0.05) is 12.5 Å². The van der Waals surface area contributed by atoms with Crippen LogP contribution in [0.5, 0.6) is 0 Å². The molecule has 2 N–H and O–H groups in total. The molecule has 1 aliphatic heterocycles. The molecule has 0 aliphatic carbocycles. The maximum atomic E-state index is 10.9. The zero-order valence-electron chi connectivity index (χ0n) is 7.69. The van der Waals surface area contributed by atoms with Gasteiger partial charge < -0.3 is 15.2 Å². The molecule has 2 atom stereocenters. The highest BCUT2D eigenvalue weighted by Gasteiger charge is 2.18. The van der Waals surface area contributed by atoms with E-state index in [9.17, 15) is 4.79 Å². The molecule has 0 aromatic rings. The second-order valence-corrected chi connectivity index (χ2v) is 3.15. The third kappa shape index (κ3) is 4.45. The van der Waals surface area contributed by atoms with Crippen LogP contribution in [0.2, 0.25) is 0 Å². The monoisotopic (exact) mass is 209 g/mol. The van der Waals surface area contributed by atoms with Crippen LogP contribution >= 0.6 is 12.4 Å². The summed E-state index contributed by atoms with van der Waals surface area (Å²) in [5.41, 5.74) is 5.31. The third-order valence-electron chi connectivity index (χ3n) is 1.86. The molecule has 1 fully saturated rings. The summed E-state index contributed by atoms with van der Waals surface area (Å²) in [5, 5.41) is 0. The minimum Gasteiger partial charge on any atom is -0.464 e. The molecule has 0 saturated carbocycles. The highest BCUT2D eigenvalue weighted by molar-refractivity contribution is 5.85. The molecule has 1 saturated heterocycles. The van der Waals surface area contributed by atoms with Crippen molar-refractivity contribution in [1.82, 2.24) is 0 Å². The summed E-state index contributed by atoms with van der Waals surface area (Å²) in [6.07, 6.45) is 0.978. The van der Waals surface area contributed by atoms with Gasteiger partial charge in [-0.05, 0) is 13.3 Å². The Kier molecular flexibility index (Phi) is 6.03. The number of ether oxygens (including phenoxy) is 2. The maximum Gasteiger partial charge on any atom is 0.322 e. The van der Waals surface area contributed by atoms with E-state index in [2.05, 4.69) is 0 Å². The van der Waals surface area contributed by atoms with E-state index in [-0.39, 0.29) is 18.4 Å². The van der Waals surface area contributed by atoms with Crippen LogP contribution in [0.3, 0.4) is 0 Å². The standard InChI is InChI=1S/C8H15NO3.ClH/c1-6(9)8(10)12-5-7-2-3-11-4-7;/h6-7H,2-5,9H2,1H3;1H/t6-,7-;/m0./s1. The van der Waals surface area contributed by atoms with Gasteiger partial charge in [0.1, 0.15) is 6.04 Å². The van der Waals surface area contributed by atoms with Crippen LogP contribution in [0.4, 0.5) is 0 Å². The number of hydrogen-bond acceptors (Lipinski definition) is 4. The van der Waals surface area contributed by atoms with Crippen molar-refractivity contribution in [1.29, 1.82) is 0 Å². The zero-order chi connectivity index (χ0) is 8.97. The largest absolute Gasteiger partial charge is 0.464 e. The molecular formula is C8H16ClNO3. The average molecular weight is 210 g/mol. The Morgan fingerprint density at radius 1 is 1.77 bits per heavy atom. The normalized spacial score (nSPS) is 23.4. The predicted molar refractivity (Wildman–Crippen MR) is 50.8 cm³/mol. The lowest BCUT2D eigenvalue weighted by molar-refractivity contribution is -0.146. The summed E-state index contributed by atoms with van der Waals surface area (Å²) >= 11 is 0. The van der Waals surface area contributed by atoms with E-state index in [1.54, 1.807) is 6.92 Å². The molecule has 0 aromatic heterocycles. The summed E-state index contributed by atoms with van der Waals surface area (Å²) in [6.45, 7) is 3.54. The Morgan fingerprint density at radius 3 is 2.92 bits per heavy atom. The van der Waals surface area contributed by atoms with E-state index >= 15 is 0 Å². The third-order valence-corrected chi connectivity index (χ3v) is 1.86. The van der Waals surface area contributed by atoms with E-state index in [0.29, 0.717) is 19.1 Å². The predicted octanol–water partition coefficient (Wildman–Crippen LogP) is 0.335. The van der Waals surface area contributed by atoms with Gasteiger partial charge in [-0.25, -0.2) is 0 Å². The van der Waals surface area contributed by atoms with Crippen LogP contribution in [-0.4, -0.2) is 31.8 Å². The number of hydrogen-bond donors (Lipinski definition) is 1. The number of rotatable bonds is 3. The summed E-state index contributed by atoms with van der Waals surface area (Å²) in [4.78, 5) is 10.9. The lowest BCUT2D eigenvalue weighted by Gasteiger charge is -2.10. The fourth-order valence-electron chi connectivity index (χ4n) is 1.05. The fraction of sp³-hybridized carbons (Fsp3) is 0.875. The number of esters is 1. The van der Waals surface area contributed by atoms with E-state index in [0.717, 1.165) is 13.0 Å². The summed E-state index contributed by atoms with van der Waals surface area (Å²) in [6, 6.07) is -0.521. The highest BCUT2D eigenvalue weighted by Crippen LogP contribution is 2.12. The van der Waals surface area contributed by atoms with Crippen molar-refractivity contribution < 1.29 is 14.3 Å². The molecule has 0 radical (unpaired) electrons. The number of carbonyl (C=O) groups is 1. The number of carbonyl (C=O) groups excluding carboxylic acids is 1. The smallest absolute Gasteiger partial charge is 0.322 e. The van der Waals surface area contributed by atoms with Crippen LogP contribution in [0, 0.1) is 5.92 Å². The summed E-state index contributed by atoms with van der Waals surface area (Å²) < 4.78 is 10.1. The van der Waals surface area contributed by atoms with Gasteiger partial charge in [-0.15, -0.1) is 12.4 Å². The molecule has 1 aliphatic rings.